The molecule has 0 aliphatic carbocycles. The van der Waals surface area contributed by atoms with Gasteiger partial charge in [-0.25, -0.2) is 0 Å². The fourth-order valence-corrected chi connectivity index (χ4v) is 2.92. The van der Waals surface area contributed by atoms with Gasteiger partial charge in [-0.15, -0.1) is 0 Å². The Morgan fingerprint density at radius 2 is 1.95 bits per heavy atom. The summed E-state index contributed by atoms with van der Waals surface area (Å²) >= 11 is 5.96. The predicted octanol–water partition coefficient (Wildman–Crippen LogP) is 0.000200. The molecule has 4 N–H and O–H groups in total. The molecule has 1 aromatic rings. The number of hydrogen-bond donors (Lipinski definition) is 2. The van der Waals surface area contributed by atoms with E-state index < -0.39 is 0 Å². The summed E-state index contributed by atoms with van der Waals surface area (Å²) in [6.45, 7) is 2.18. The molecular weight excluding hydrogens is 272 g/mol. The Kier molecular flexibility index (Phi) is 4.78. The lowest BCUT2D eigenvalue weighted by atomic mass is 10.0. The first-order valence-corrected chi connectivity index (χ1v) is 7.30. The maximum Gasteiger partial charge on any atom is 0.107 e. The maximum atomic E-state index is 6.35. The highest BCUT2D eigenvalue weighted by molar-refractivity contribution is 6.44. The van der Waals surface area contributed by atoms with E-state index in [0.29, 0.717) is 6.04 Å². The van der Waals surface area contributed by atoms with Gasteiger partial charge in [0.15, 0.2) is 0 Å². The van der Waals surface area contributed by atoms with Gasteiger partial charge < -0.3 is 21.3 Å². The predicted molar refractivity (Wildman–Crippen MR) is 85.0 cm³/mol. The standard InChI is InChI=1S/C15H23ClN4/c1-19-9-5-6-11(10-19)20(2)15(18)13-8-4-3-7-12(13)14(16)17/h3-4,7-8,11H,5-6,9-10,17-18H2,1-2H3/b14-12-,15-13+. The van der Waals surface area contributed by atoms with E-state index in [2.05, 4.69) is 16.8 Å². The Morgan fingerprint density at radius 1 is 1.30 bits per heavy atom. The van der Waals surface area contributed by atoms with E-state index in [1.807, 2.05) is 31.3 Å². The van der Waals surface area contributed by atoms with Crippen LogP contribution >= 0.6 is 11.6 Å². The Morgan fingerprint density at radius 3 is 2.55 bits per heavy atom. The van der Waals surface area contributed by atoms with E-state index >= 15 is 0 Å². The van der Waals surface area contributed by atoms with Gasteiger partial charge in [-0.1, -0.05) is 35.9 Å². The second kappa shape index (κ2) is 6.37. The van der Waals surface area contributed by atoms with Crippen LogP contribution < -0.4 is 21.9 Å². The average molecular weight is 295 g/mol. The number of hydrogen-bond acceptors (Lipinski definition) is 4. The number of benzene rings is 1. The molecule has 0 radical (unpaired) electrons. The average Bonchev–Trinajstić information content (AvgIpc) is 2.45. The highest BCUT2D eigenvalue weighted by Crippen LogP contribution is 2.15. The van der Waals surface area contributed by atoms with E-state index in [9.17, 15) is 0 Å². The van der Waals surface area contributed by atoms with Crippen LogP contribution in [0, 0.1) is 0 Å². The molecule has 0 amide bonds. The van der Waals surface area contributed by atoms with E-state index in [0.717, 1.165) is 35.8 Å². The summed E-state index contributed by atoms with van der Waals surface area (Å²) in [4.78, 5) is 4.49. The van der Waals surface area contributed by atoms with Crippen LogP contribution in [0.5, 0.6) is 0 Å². The number of halogens is 1. The second-order valence-corrected chi connectivity index (χ2v) is 5.86. The minimum atomic E-state index is 0.276. The van der Waals surface area contributed by atoms with Crippen molar-refractivity contribution in [3.63, 3.8) is 0 Å². The first kappa shape index (κ1) is 15.0. The molecule has 1 heterocycles. The van der Waals surface area contributed by atoms with Crippen molar-refractivity contribution in [3.8, 4) is 0 Å². The highest BCUT2D eigenvalue weighted by Gasteiger charge is 2.21. The molecule has 1 atom stereocenters. The van der Waals surface area contributed by atoms with E-state index in [1.54, 1.807) is 0 Å². The normalized spacial score (nSPS) is 23.2. The van der Waals surface area contributed by atoms with Crippen molar-refractivity contribution in [2.24, 2.45) is 11.5 Å². The Balaban J connectivity index is 2.42. The summed E-state index contributed by atoms with van der Waals surface area (Å²) < 4.78 is 0. The van der Waals surface area contributed by atoms with Gasteiger partial charge in [0.2, 0.25) is 0 Å². The summed E-state index contributed by atoms with van der Waals surface area (Å²) in [5, 5.41) is 1.97. The van der Waals surface area contributed by atoms with Crippen LogP contribution in [0.25, 0.3) is 11.0 Å². The molecular formula is C15H23ClN4. The number of rotatable bonds is 2. The first-order valence-electron chi connectivity index (χ1n) is 6.92. The fraction of sp³-hybridized carbons (Fsp3) is 0.467. The molecule has 1 aliphatic rings. The van der Waals surface area contributed by atoms with E-state index in [4.69, 9.17) is 23.1 Å². The quantitative estimate of drug-likeness (QED) is 0.754. The van der Waals surface area contributed by atoms with Gasteiger partial charge in [0, 0.05) is 30.1 Å². The van der Waals surface area contributed by atoms with Crippen molar-refractivity contribution in [1.82, 2.24) is 9.80 Å². The lowest BCUT2D eigenvalue weighted by molar-refractivity contribution is 0.173. The lowest BCUT2D eigenvalue weighted by Crippen LogP contribution is -2.48. The molecule has 1 fully saturated rings. The fourth-order valence-electron chi connectivity index (χ4n) is 2.76. The number of piperidine rings is 1. The molecule has 0 aromatic heterocycles. The Hall–Kier alpha value is -1.39. The third-order valence-corrected chi connectivity index (χ3v) is 4.19. The van der Waals surface area contributed by atoms with Crippen molar-refractivity contribution < 1.29 is 0 Å². The monoisotopic (exact) mass is 294 g/mol. The van der Waals surface area contributed by atoms with Gasteiger partial charge in [0.25, 0.3) is 0 Å². The zero-order valence-corrected chi connectivity index (χ0v) is 12.9. The topological polar surface area (TPSA) is 58.5 Å². The third-order valence-electron chi connectivity index (χ3n) is 3.99. The summed E-state index contributed by atoms with van der Waals surface area (Å²) in [5.74, 6) is 0.726. The van der Waals surface area contributed by atoms with Crippen LogP contribution in [0.4, 0.5) is 0 Å². The van der Waals surface area contributed by atoms with Gasteiger partial charge in [0.05, 0.1) is 0 Å². The van der Waals surface area contributed by atoms with Crippen molar-refractivity contribution in [2.45, 2.75) is 18.9 Å². The van der Waals surface area contributed by atoms with Gasteiger partial charge in [0.1, 0.15) is 11.0 Å². The molecule has 0 spiro atoms. The summed E-state index contributed by atoms with van der Waals surface area (Å²) in [6, 6.07) is 8.15. The number of likely N-dealkylation sites (tertiary alicyclic amines) is 1. The minimum Gasteiger partial charge on any atom is -0.389 e. The SMILES string of the molecule is CN1CCCC(N(C)/C(N)=c2\cccc\c2=C(\N)Cl)C1. The Bertz CT molecular complexity index is 580. The molecule has 4 nitrogen and oxygen atoms in total. The third kappa shape index (κ3) is 3.19. The second-order valence-electron chi connectivity index (χ2n) is 5.45. The molecule has 0 saturated carbocycles. The van der Waals surface area contributed by atoms with Crippen molar-refractivity contribution in [1.29, 1.82) is 0 Å². The zero-order valence-electron chi connectivity index (χ0n) is 12.1. The molecule has 20 heavy (non-hydrogen) atoms. The zero-order chi connectivity index (χ0) is 14.7. The summed E-state index contributed by atoms with van der Waals surface area (Å²) in [7, 11) is 4.19. The van der Waals surface area contributed by atoms with E-state index in [-0.39, 0.29) is 5.16 Å². The van der Waals surface area contributed by atoms with Crippen molar-refractivity contribution in [3.05, 3.63) is 34.7 Å². The van der Waals surface area contributed by atoms with Crippen LogP contribution in [0.1, 0.15) is 12.8 Å². The summed E-state index contributed by atoms with van der Waals surface area (Å²) in [5.41, 5.74) is 12.1. The van der Waals surface area contributed by atoms with Crippen LogP contribution in [-0.2, 0) is 0 Å². The number of nitrogens with zero attached hydrogens (tertiary/aromatic N) is 2. The van der Waals surface area contributed by atoms with Gasteiger partial charge in [-0.2, -0.15) is 0 Å². The largest absolute Gasteiger partial charge is 0.389 e. The van der Waals surface area contributed by atoms with Crippen LogP contribution in [0.3, 0.4) is 0 Å². The number of likely N-dealkylation sites (N-methyl/N-ethyl adjacent to an activating group) is 2. The molecule has 1 unspecified atom stereocenters. The van der Waals surface area contributed by atoms with Gasteiger partial charge in [-0.3, -0.25) is 0 Å². The van der Waals surface area contributed by atoms with Crippen molar-refractivity contribution in [2.75, 3.05) is 27.2 Å². The van der Waals surface area contributed by atoms with Gasteiger partial charge >= 0.3 is 0 Å². The minimum absolute atomic E-state index is 0.276. The molecule has 5 heteroatoms. The molecule has 2 rings (SSSR count). The van der Waals surface area contributed by atoms with Crippen LogP contribution in [-0.4, -0.2) is 43.0 Å². The molecule has 1 aliphatic heterocycles. The van der Waals surface area contributed by atoms with Crippen LogP contribution in [0.2, 0.25) is 0 Å². The molecule has 0 bridgehead atoms. The lowest BCUT2D eigenvalue weighted by Gasteiger charge is -2.37. The van der Waals surface area contributed by atoms with Crippen molar-refractivity contribution >= 4 is 22.6 Å². The molecule has 1 aromatic carbocycles. The van der Waals surface area contributed by atoms with Crippen LogP contribution in [0.15, 0.2) is 24.3 Å². The summed E-state index contributed by atoms with van der Waals surface area (Å²) in [6.07, 6.45) is 2.36. The van der Waals surface area contributed by atoms with Gasteiger partial charge in [-0.05, 0) is 26.4 Å². The maximum absolute atomic E-state index is 6.35. The molecule has 1 saturated heterocycles. The smallest absolute Gasteiger partial charge is 0.107 e. The Labute approximate surface area is 125 Å². The van der Waals surface area contributed by atoms with E-state index in [1.165, 1.54) is 6.42 Å². The number of nitrogens with two attached hydrogens (primary N) is 2. The molecule has 110 valence electrons. The highest BCUT2D eigenvalue weighted by atomic mass is 35.5. The first-order chi connectivity index (χ1) is 9.50.